The van der Waals surface area contributed by atoms with Crippen molar-refractivity contribution in [2.75, 3.05) is 6.61 Å². The molecule has 0 aliphatic rings. The molecule has 23 heavy (non-hydrogen) atoms. The van der Waals surface area contributed by atoms with Crippen LogP contribution in [0.5, 0.6) is 5.75 Å². The van der Waals surface area contributed by atoms with E-state index >= 15 is 0 Å². The minimum absolute atomic E-state index is 0.0268. The van der Waals surface area contributed by atoms with Crippen molar-refractivity contribution in [3.63, 3.8) is 0 Å². The summed E-state index contributed by atoms with van der Waals surface area (Å²) in [6.45, 7) is 9.11. The van der Waals surface area contributed by atoms with Crippen LogP contribution in [0.2, 0.25) is 0 Å². The summed E-state index contributed by atoms with van der Waals surface area (Å²) in [6, 6.07) is 9.84. The molecular weight excluding hydrogens is 290 g/mol. The number of benzene rings is 1. The summed E-state index contributed by atoms with van der Waals surface area (Å²) in [5.41, 5.74) is 3.11. The Morgan fingerprint density at radius 3 is 2.57 bits per heavy atom. The molecule has 0 saturated heterocycles. The van der Waals surface area contributed by atoms with Crippen LogP contribution in [-0.2, 0) is 11.3 Å². The maximum absolute atomic E-state index is 12.1. The maximum atomic E-state index is 12.1. The number of ether oxygens (including phenoxy) is 1. The van der Waals surface area contributed by atoms with Gasteiger partial charge in [-0.2, -0.15) is 5.10 Å². The van der Waals surface area contributed by atoms with E-state index in [2.05, 4.69) is 10.4 Å². The molecule has 2 rings (SSSR count). The molecule has 5 heteroatoms. The fourth-order valence-electron chi connectivity index (χ4n) is 2.59. The van der Waals surface area contributed by atoms with Crippen molar-refractivity contribution in [3.8, 4) is 5.75 Å². The van der Waals surface area contributed by atoms with Crippen LogP contribution < -0.4 is 10.1 Å². The highest BCUT2D eigenvalue weighted by Crippen LogP contribution is 2.15. The molecule has 0 bridgehead atoms. The molecule has 0 spiro atoms. The Labute approximate surface area is 137 Å². The Morgan fingerprint density at radius 2 is 2.00 bits per heavy atom. The van der Waals surface area contributed by atoms with E-state index in [9.17, 15) is 4.79 Å². The Bertz CT molecular complexity index is 647. The minimum atomic E-state index is 0.0268. The number of hydrogen-bond acceptors (Lipinski definition) is 3. The Kier molecular flexibility index (Phi) is 5.79. The van der Waals surface area contributed by atoms with Crippen LogP contribution in [0.15, 0.2) is 30.3 Å². The third kappa shape index (κ3) is 4.84. The summed E-state index contributed by atoms with van der Waals surface area (Å²) in [5, 5.41) is 7.39. The lowest BCUT2D eigenvalue weighted by atomic mass is 10.2. The Morgan fingerprint density at radius 1 is 1.30 bits per heavy atom. The molecule has 1 atom stereocenters. The lowest BCUT2D eigenvalue weighted by Gasteiger charge is -2.14. The summed E-state index contributed by atoms with van der Waals surface area (Å²) < 4.78 is 7.31. The predicted octanol–water partition coefficient (Wildman–Crippen LogP) is 3.17. The third-order valence-electron chi connectivity index (χ3n) is 3.67. The van der Waals surface area contributed by atoms with Gasteiger partial charge in [-0.15, -0.1) is 0 Å². The maximum Gasteiger partial charge on any atom is 0.222 e. The average Bonchev–Trinajstić information content (AvgIpc) is 2.85. The standard InChI is InChI=1S/C18H25N3O2/c1-5-23-17-8-6-16(7-9-17)12-19-18(22)11-15(4)21-14(3)10-13(2)20-21/h6-10,15H,5,11-12H2,1-4H3,(H,19,22). The molecule has 1 aromatic heterocycles. The van der Waals surface area contributed by atoms with Crippen molar-refractivity contribution >= 4 is 5.91 Å². The summed E-state index contributed by atoms with van der Waals surface area (Å²) in [7, 11) is 0. The molecule has 0 radical (unpaired) electrons. The first-order valence-corrected chi connectivity index (χ1v) is 8.00. The second kappa shape index (κ2) is 7.81. The van der Waals surface area contributed by atoms with Gasteiger partial charge < -0.3 is 10.1 Å². The number of nitrogens with zero attached hydrogens (tertiary/aromatic N) is 2. The van der Waals surface area contributed by atoms with E-state index in [1.807, 2.05) is 62.7 Å². The quantitative estimate of drug-likeness (QED) is 0.854. The molecule has 0 aliphatic heterocycles. The molecule has 5 nitrogen and oxygen atoms in total. The van der Waals surface area contributed by atoms with Crippen LogP contribution in [0.25, 0.3) is 0 Å². The van der Waals surface area contributed by atoms with Gasteiger partial charge >= 0.3 is 0 Å². The van der Waals surface area contributed by atoms with Crippen LogP contribution in [0.3, 0.4) is 0 Å². The molecule has 0 saturated carbocycles. The van der Waals surface area contributed by atoms with E-state index in [4.69, 9.17) is 4.74 Å². The monoisotopic (exact) mass is 315 g/mol. The van der Waals surface area contributed by atoms with Gasteiger partial charge in [-0.3, -0.25) is 9.48 Å². The molecular formula is C18H25N3O2. The van der Waals surface area contributed by atoms with E-state index in [0.717, 1.165) is 22.7 Å². The number of carbonyl (C=O) groups excluding carboxylic acids is 1. The molecule has 1 N–H and O–H groups in total. The topological polar surface area (TPSA) is 56.1 Å². The van der Waals surface area contributed by atoms with Crippen molar-refractivity contribution in [1.29, 1.82) is 0 Å². The largest absolute Gasteiger partial charge is 0.494 e. The SMILES string of the molecule is CCOc1ccc(CNC(=O)CC(C)n2nc(C)cc2C)cc1. The van der Waals surface area contributed by atoms with E-state index in [0.29, 0.717) is 19.6 Å². The number of aromatic nitrogens is 2. The van der Waals surface area contributed by atoms with Crippen molar-refractivity contribution < 1.29 is 9.53 Å². The van der Waals surface area contributed by atoms with Crippen LogP contribution in [0.1, 0.15) is 43.3 Å². The molecule has 0 fully saturated rings. The fraction of sp³-hybridized carbons (Fsp3) is 0.444. The van der Waals surface area contributed by atoms with Gasteiger partial charge in [0.25, 0.3) is 0 Å². The normalized spacial score (nSPS) is 12.0. The van der Waals surface area contributed by atoms with Crippen LogP contribution in [0.4, 0.5) is 0 Å². The van der Waals surface area contributed by atoms with Crippen LogP contribution in [0, 0.1) is 13.8 Å². The number of amides is 1. The van der Waals surface area contributed by atoms with Crippen LogP contribution in [-0.4, -0.2) is 22.3 Å². The first-order chi connectivity index (χ1) is 11.0. The summed E-state index contributed by atoms with van der Waals surface area (Å²) in [5.74, 6) is 0.875. The number of nitrogens with one attached hydrogen (secondary N) is 1. The van der Waals surface area contributed by atoms with Crippen LogP contribution >= 0.6 is 0 Å². The zero-order chi connectivity index (χ0) is 16.8. The highest BCUT2D eigenvalue weighted by Gasteiger charge is 2.13. The lowest BCUT2D eigenvalue weighted by molar-refractivity contribution is -0.122. The average molecular weight is 315 g/mol. The van der Waals surface area contributed by atoms with E-state index < -0.39 is 0 Å². The molecule has 1 aromatic carbocycles. The second-order valence-corrected chi connectivity index (χ2v) is 5.78. The second-order valence-electron chi connectivity index (χ2n) is 5.78. The number of aryl methyl sites for hydroxylation is 2. The molecule has 1 amide bonds. The molecule has 124 valence electrons. The zero-order valence-electron chi connectivity index (χ0n) is 14.3. The molecule has 2 aromatic rings. The summed E-state index contributed by atoms with van der Waals surface area (Å²) in [4.78, 5) is 12.1. The van der Waals surface area contributed by atoms with Crippen molar-refractivity contribution in [2.24, 2.45) is 0 Å². The van der Waals surface area contributed by atoms with Gasteiger partial charge in [0, 0.05) is 18.7 Å². The van der Waals surface area contributed by atoms with Gasteiger partial charge in [0.1, 0.15) is 5.75 Å². The van der Waals surface area contributed by atoms with Crippen molar-refractivity contribution in [3.05, 3.63) is 47.3 Å². The van der Waals surface area contributed by atoms with Crippen molar-refractivity contribution in [2.45, 2.75) is 46.7 Å². The summed E-state index contributed by atoms with van der Waals surface area (Å²) in [6.07, 6.45) is 0.416. The van der Waals surface area contributed by atoms with E-state index in [1.165, 1.54) is 0 Å². The molecule has 1 unspecified atom stereocenters. The first-order valence-electron chi connectivity index (χ1n) is 8.00. The van der Waals surface area contributed by atoms with Crippen molar-refractivity contribution in [1.82, 2.24) is 15.1 Å². The smallest absolute Gasteiger partial charge is 0.222 e. The minimum Gasteiger partial charge on any atom is -0.494 e. The third-order valence-corrected chi connectivity index (χ3v) is 3.67. The number of hydrogen-bond donors (Lipinski definition) is 1. The van der Waals surface area contributed by atoms with Gasteiger partial charge in [0.05, 0.1) is 18.3 Å². The van der Waals surface area contributed by atoms with E-state index in [-0.39, 0.29) is 11.9 Å². The number of carbonyl (C=O) groups is 1. The molecule has 0 aliphatic carbocycles. The van der Waals surface area contributed by atoms with Gasteiger partial charge in [-0.25, -0.2) is 0 Å². The zero-order valence-corrected chi connectivity index (χ0v) is 14.3. The van der Waals surface area contributed by atoms with E-state index in [1.54, 1.807) is 0 Å². The Hall–Kier alpha value is -2.30. The molecule has 1 heterocycles. The van der Waals surface area contributed by atoms with Gasteiger partial charge in [0.15, 0.2) is 0 Å². The highest BCUT2D eigenvalue weighted by molar-refractivity contribution is 5.76. The highest BCUT2D eigenvalue weighted by atomic mass is 16.5. The van der Waals surface area contributed by atoms with Gasteiger partial charge in [0.2, 0.25) is 5.91 Å². The number of rotatable bonds is 7. The summed E-state index contributed by atoms with van der Waals surface area (Å²) >= 11 is 0. The van der Waals surface area contributed by atoms with Gasteiger partial charge in [-0.05, 0) is 51.5 Å². The lowest BCUT2D eigenvalue weighted by Crippen LogP contribution is -2.26. The Balaban J connectivity index is 1.83. The first kappa shape index (κ1) is 17.1. The van der Waals surface area contributed by atoms with Gasteiger partial charge in [-0.1, -0.05) is 12.1 Å². The predicted molar refractivity (Wildman–Crippen MR) is 90.5 cm³/mol. The fourth-order valence-corrected chi connectivity index (χ4v) is 2.59.